The molecule has 13 heavy (non-hydrogen) atoms. The molecule has 0 aromatic carbocycles. The molecular formula is C10H13NO2. The van der Waals surface area contributed by atoms with Gasteiger partial charge in [0.25, 0.3) is 5.56 Å². The summed E-state index contributed by atoms with van der Waals surface area (Å²) < 4.78 is 7.17. The first kappa shape index (κ1) is 8.35. The molecule has 3 heteroatoms. The number of pyridine rings is 1. The van der Waals surface area contributed by atoms with Crippen molar-refractivity contribution in [2.24, 2.45) is 0 Å². The lowest BCUT2D eigenvalue weighted by Gasteiger charge is -2.09. The van der Waals surface area contributed by atoms with Crippen LogP contribution in [0.15, 0.2) is 16.9 Å². The Morgan fingerprint density at radius 3 is 3.08 bits per heavy atom. The molecule has 2 heterocycles. The Hall–Kier alpha value is -1.25. The fourth-order valence-corrected chi connectivity index (χ4v) is 1.56. The van der Waals surface area contributed by atoms with E-state index in [1.807, 2.05) is 19.1 Å². The molecule has 1 aliphatic heterocycles. The molecule has 0 unspecified atom stereocenters. The van der Waals surface area contributed by atoms with Gasteiger partial charge in [-0.1, -0.05) is 0 Å². The molecule has 0 atom stereocenters. The third-order valence-corrected chi connectivity index (χ3v) is 2.35. The van der Waals surface area contributed by atoms with Crippen molar-refractivity contribution in [1.29, 1.82) is 0 Å². The molecule has 1 aliphatic rings. The van der Waals surface area contributed by atoms with Crippen LogP contribution in [0.2, 0.25) is 0 Å². The van der Waals surface area contributed by atoms with Gasteiger partial charge in [0.15, 0.2) is 5.88 Å². The predicted octanol–water partition coefficient (Wildman–Crippen LogP) is 1.33. The minimum absolute atomic E-state index is 0.0828. The molecule has 0 saturated carbocycles. The summed E-state index contributed by atoms with van der Waals surface area (Å²) in [5, 5.41) is 0. The van der Waals surface area contributed by atoms with Crippen LogP contribution in [0.5, 0.6) is 5.88 Å². The zero-order chi connectivity index (χ0) is 9.26. The Morgan fingerprint density at radius 2 is 2.23 bits per heavy atom. The average molecular weight is 179 g/mol. The van der Waals surface area contributed by atoms with Crippen LogP contribution in [0.3, 0.4) is 0 Å². The molecule has 3 nitrogen and oxygen atoms in total. The standard InChI is InChI=1S/C10H13NO2/c1-8-4-5-9-11(10(8)12)6-2-3-7-13-9/h4-5H,2-3,6-7H2,1H3. The van der Waals surface area contributed by atoms with Gasteiger partial charge >= 0.3 is 0 Å². The van der Waals surface area contributed by atoms with E-state index in [2.05, 4.69) is 0 Å². The van der Waals surface area contributed by atoms with Gasteiger partial charge in [-0.15, -0.1) is 0 Å². The number of hydrogen-bond donors (Lipinski definition) is 0. The van der Waals surface area contributed by atoms with Crippen LogP contribution in [-0.2, 0) is 6.54 Å². The van der Waals surface area contributed by atoms with Gasteiger partial charge in [-0.05, 0) is 31.9 Å². The van der Waals surface area contributed by atoms with Crippen LogP contribution in [0.4, 0.5) is 0 Å². The van der Waals surface area contributed by atoms with E-state index in [0.717, 1.165) is 31.6 Å². The minimum atomic E-state index is 0.0828. The van der Waals surface area contributed by atoms with Crippen LogP contribution < -0.4 is 10.3 Å². The zero-order valence-corrected chi connectivity index (χ0v) is 7.75. The van der Waals surface area contributed by atoms with E-state index < -0.39 is 0 Å². The highest BCUT2D eigenvalue weighted by atomic mass is 16.5. The molecule has 2 rings (SSSR count). The van der Waals surface area contributed by atoms with Crippen molar-refractivity contribution in [3.63, 3.8) is 0 Å². The maximum atomic E-state index is 11.6. The molecule has 70 valence electrons. The molecule has 0 saturated heterocycles. The third kappa shape index (κ3) is 1.46. The summed E-state index contributed by atoms with van der Waals surface area (Å²) in [6.45, 7) is 3.35. The predicted molar refractivity (Wildman–Crippen MR) is 50.2 cm³/mol. The lowest BCUT2D eigenvalue weighted by Crippen LogP contribution is -2.22. The van der Waals surface area contributed by atoms with Crippen LogP contribution in [0.1, 0.15) is 18.4 Å². The molecule has 1 aromatic rings. The van der Waals surface area contributed by atoms with Gasteiger partial charge in [0.2, 0.25) is 0 Å². The largest absolute Gasteiger partial charge is 0.479 e. The Morgan fingerprint density at radius 1 is 1.38 bits per heavy atom. The van der Waals surface area contributed by atoms with Crippen LogP contribution in [-0.4, -0.2) is 11.2 Å². The van der Waals surface area contributed by atoms with Crippen molar-refractivity contribution < 1.29 is 4.74 Å². The second-order valence-electron chi connectivity index (χ2n) is 3.37. The second kappa shape index (κ2) is 3.24. The summed E-state index contributed by atoms with van der Waals surface area (Å²) in [6, 6.07) is 3.70. The van der Waals surface area contributed by atoms with E-state index >= 15 is 0 Å². The maximum Gasteiger partial charge on any atom is 0.256 e. The molecule has 0 fully saturated rings. The molecule has 0 radical (unpaired) electrons. The van der Waals surface area contributed by atoms with Crippen molar-refractivity contribution in [2.75, 3.05) is 6.61 Å². The number of ether oxygens (including phenoxy) is 1. The summed E-state index contributed by atoms with van der Waals surface area (Å²) in [6.07, 6.45) is 2.05. The van der Waals surface area contributed by atoms with Crippen molar-refractivity contribution in [3.05, 3.63) is 28.0 Å². The van der Waals surface area contributed by atoms with Crippen molar-refractivity contribution in [3.8, 4) is 5.88 Å². The lowest BCUT2D eigenvalue weighted by molar-refractivity contribution is 0.303. The van der Waals surface area contributed by atoms with Gasteiger partial charge in [0, 0.05) is 12.1 Å². The summed E-state index contributed by atoms with van der Waals surface area (Å²) in [7, 11) is 0. The van der Waals surface area contributed by atoms with Crippen LogP contribution in [0, 0.1) is 6.92 Å². The third-order valence-electron chi connectivity index (χ3n) is 2.35. The van der Waals surface area contributed by atoms with Gasteiger partial charge in [-0.25, -0.2) is 0 Å². The van der Waals surface area contributed by atoms with Crippen molar-refractivity contribution in [1.82, 2.24) is 4.57 Å². The molecule has 0 aliphatic carbocycles. The normalized spacial score (nSPS) is 15.8. The van der Waals surface area contributed by atoms with Gasteiger partial charge in [-0.3, -0.25) is 9.36 Å². The molecule has 0 spiro atoms. The van der Waals surface area contributed by atoms with Gasteiger partial charge in [0.1, 0.15) is 0 Å². The van der Waals surface area contributed by atoms with Gasteiger partial charge in [-0.2, -0.15) is 0 Å². The zero-order valence-electron chi connectivity index (χ0n) is 7.75. The molecule has 0 N–H and O–H groups in total. The van der Waals surface area contributed by atoms with Gasteiger partial charge in [0.05, 0.1) is 6.61 Å². The lowest BCUT2D eigenvalue weighted by atomic mass is 10.3. The highest BCUT2D eigenvalue weighted by molar-refractivity contribution is 5.19. The van der Waals surface area contributed by atoms with E-state index in [4.69, 9.17) is 4.74 Å². The highest BCUT2D eigenvalue weighted by Gasteiger charge is 2.09. The van der Waals surface area contributed by atoms with Crippen LogP contribution in [0.25, 0.3) is 0 Å². The van der Waals surface area contributed by atoms with E-state index in [1.54, 1.807) is 4.57 Å². The van der Waals surface area contributed by atoms with Crippen molar-refractivity contribution >= 4 is 0 Å². The van der Waals surface area contributed by atoms with E-state index in [0.29, 0.717) is 5.88 Å². The topological polar surface area (TPSA) is 31.2 Å². The first-order valence-corrected chi connectivity index (χ1v) is 4.62. The molecular weight excluding hydrogens is 166 g/mol. The summed E-state index contributed by atoms with van der Waals surface area (Å²) >= 11 is 0. The molecule has 0 amide bonds. The fraction of sp³-hybridized carbons (Fsp3) is 0.500. The number of fused-ring (bicyclic) bond motifs is 1. The van der Waals surface area contributed by atoms with E-state index in [-0.39, 0.29) is 5.56 Å². The maximum absolute atomic E-state index is 11.6. The second-order valence-corrected chi connectivity index (χ2v) is 3.37. The fourth-order valence-electron chi connectivity index (χ4n) is 1.56. The SMILES string of the molecule is Cc1ccc2n(c1=O)CCCCO2. The Bertz CT molecular complexity index is 368. The van der Waals surface area contributed by atoms with Gasteiger partial charge < -0.3 is 4.74 Å². The first-order chi connectivity index (χ1) is 6.29. The minimum Gasteiger partial charge on any atom is -0.479 e. The number of nitrogens with zero attached hydrogens (tertiary/aromatic N) is 1. The van der Waals surface area contributed by atoms with E-state index in [1.165, 1.54) is 0 Å². The highest BCUT2D eigenvalue weighted by Crippen LogP contribution is 2.14. The summed E-state index contributed by atoms with van der Waals surface area (Å²) in [5.41, 5.74) is 0.869. The Balaban J connectivity index is 2.54. The number of aryl methyl sites for hydroxylation is 1. The summed E-state index contributed by atoms with van der Waals surface area (Å²) in [5.74, 6) is 0.716. The first-order valence-electron chi connectivity index (χ1n) is 4.62. The number of rotatable bonds is 0. The number of aromatic nitrogens is 1. The monoisotopic (exact) mass is 179 g/mol. The molecule has 1 aromatic heterocycles. The average Bonchev–Trinajstić information content (AvgIpc) is 2.36. The van der Waals surface area contributed by atoms with E-state index in [9.17, 15) is 4.79 Å². The number of hydrogen-bond acceptors (Lipinski definition) is 2. The van der Waals surface area contributed by atoms with Crippen LogP contribution >= 0.6 is 0 Å². The Labute approximate surface area is 77.0 Å². The Kier molecular flexibility index (Phi) is 2.08. The smallest absolute Gasteiger partial charge is 0.256 e. The quantitative estimate of drug-likeness (QED) is 0.601. The van der Waals surface area contributed by atoms with Crippen molar-refractivity contribution in [2.45, 2.75) is 26.3 Å². The summed E-state index contributed by atoms with van der Waals surface area (Å²) in [4.78, 5) is 11.6. The molecule has 0 bridgehead atoms.